The lowest BCUT2D eigenvalue weighted by Gasteiger charge is -2.51. The molecule has 0 radical (unpaired) electrons. The van der Waals surface area contributed by atoms with Crippen molar-refractivity contribution in [1.82, 2.24) is 0 Å². The van der Waals surface area contributed by atoms with Crippen LogP contribution in [-0.2, 0) is 14.3 Å². The maximum atomic E-state index is 12.6. The third-order valence-electron chi connectivity index (χ3n) is 6.29. The lowest BCUT2D eigenvalue weighted by molar-refractivity contribution is -0.948. The van der Waals surface area contributed by atoms with Crippen LogP contribution in [0, 0.1) is 0 Å². The standard InChI is InChI=1S/C19H26NO4/c1-20(2)13-8-14(10-16(20)18-17(9-13)24-18)23-19(22)15(11-21)12-6-4-3-5-7-12/h3-7,13-18,21H,8-11H2,1-2H3/q+1/t13?,14-,15?,16?,17?,18+/m0/s1. The van der Waals surface area contributed by atoms with Gasteiger partial charge >= 0.3 is 5.97 Å². The highest BCUT2D eigenvalue weighted by atomic mass is 16.6. The molecular formula is C19H26NO4+. The number of benzene rings is 1. The smallest absolute Gasteiger partial charge is 0.316 e. The van der Waals surface area contributed by atoms with E-state index >= 15 is 0 Å². The van der Waals surface area contributed by atoms with E-state index in [4.69, 9.17) is 9.47 Å². The number of quaternary nitrogens is 1. The molecule has 130 valence electrons. The zero-order valence-electron chi connectivity index (χ0n) is 14.3. The molecule has 0 spiro atoms. The maximum Gasteiger partial charge on any atom is 0.316 e. The molecule has 6 atom stereocenters. The third kappa shape index (κ3) is 2.65. The van der Waals surface area contributed by atoms with Crippen LogP contribution in [0.2, 0.25) is 0 Å². The minimum atomic E-state index is -0.597. The van der Waals surface area contributed by atoms with E-state index in [1.54, 1.807) is 0 Å². The van der Waals surface area contributed by atoms with Crippen LogP contribution in [0.15, 0.2) is 30.3 Å². The number of piperidine rings is 2. The van der Waals surface area contributed by atoms with Crippen molar-refractivity contribution in [2.24, 2.45) is 0 Å². The third-order valence-corrected chi connectivity index (χ3v) is 6.29. The predicted octanol–water partition coefficient (Wildman–Crippen LogP) is 1.45. The molecule has 3 aliphatic heterocycles. The first-order valence-corrected chi connectivity index (χ1v) is 8.85. The monoisotopic (exact) mass is 332 g/mol. The number of epoxide rings is 1. The molecule has 5 heteroatoms. The number of carbonyl (C=O) groups excluding carboxylic acids is 1. The summed E-state index contributed by atoms with van der Waals surface area (Å²) in [6.45, 7) is -0.224. The highest BCUT2D eigenvalue weighted by Crippen LogP contribution is 2.48. The Labute approximate surface area is 142 Å². The molecule has 4 unspecified atom stereocenters. The number of aliphatic hydroxyl groups excluding tert-OH is 1. The van der Waals surface area contributed by atoms with E-state index in [1.165, 1.54) is 0 Å². The number of rotatable bonds is 4. The van der Waals surface area contributed by atoms with Crippen LogP contribution in [0.1, 0.15) is 30.7 Å². The van der Waals surface area contributed by atoms with Crippen LogP contribution >= 0.6 is 0 Å². The lowest BCUT2D eigenvalue weighted by atomic mass is 9.81. The lowest BCUT2D eigenvalue weighted by Crippen LogP contribution is -2.66. The Morgan fingerprint density at radius 3 is 2.75 bits per heavy atom. The predicted molar refractivity (Wildman–Crippen MR) is 88.3 cm³/mol. The highest BCUT2D eigenvalue weighted by molar-refractivity contribution is 5.78. The molecular weight excluding hydrogens is 306 g/mol. The summed E-state index contributed by atoms with van der Waals surface area (Å²) in [5, 5.41) is 9.65. The number of carbonyl (C=O) groups is 1. The van der Waals surface area contributed by atoms with E-state index in [1.807, 2.05) is 30.3 Å². The number of nitrogens with zero attached hydrogens (tertiary/aromatic N) is 1. The molecule has 5 nitrogen and oxygen atoms in total. The van der Waals surface area contributed by atoms with Crippen LogP contribution in [-0.4, -0.2) is 66.7 Å². The maximum absolute atomic E-state index is 12.6. The van der Waals surface area contributed by atoms with Crippen LogP contribution in [0.25, 0.3) is 0 Å². The molecule has 1 aromatic rings. The van der Waals surface area contributed by atoms with Crippen LogP contribution < -0.4 is 0 Å². The second kappa shape index (κ2) is 5.83. The zero-order valence-corrected chi connectivity index (χ0v) is 14.3. The molecule has 3 fully saturated rings. The van der Waals surface area contributed by atoms with Crippen molar-refractivity contribution in [3.05, 3.63) is 35.9 Å². The van der Waals surface area contributed by atoms with Gasteiger partial charge in [-0.15, -0.1) is 0 Å². The Balaban J connectivity index is 1.45. The highest BCUT2D eigenvalue weighted by Gasteiger charge is 2.63. The summed E-state index contributed by atoms with van der Waals surface area (Å²) >= 11 is 0. The minimum Gasteiger partial charge on any atom is -0.461 e. The summed E-state index contributed by atoms with van der Waals surface area (Å²) in [6, 6.07) is 10.3. The van der Waals surface area contributed by atoms with Gasteiger partial charge in [-0.05, 0) is 5.56 Å². The molecule has 4 rings (SSSR count). The Hall–Kier alpha value is -1.43. The molecule has 1 N–H and O–H groups in total. The fourth-order valence-corrected chi connectivity index (χ4v) is 4.66. The number of hydrogen-bond acceptors (Lipinski definition) is 4. The first-order valence-electron chi connectivity index (χ1n) is 8.85. The van der Waals surface area contributed by atoms with Crippen LogP contribution in [0.4, 0.5) is 0 Å². The second-order valence-corrected chi connectivity index (χ2v) is 7.90. The van der Waals surface area contributed by atoms with Gasteiger partial charge in [-0.2, -0.15) is 0 Å². The number of ether oxygens (including phenoxy) is 2. The van der Waals surface area contributed by atoms with Crippen LogP contribution in [0.5, 0.6) is 0 Å². The molecule has 24 heavy (non-hydrogen) atoms. The van der Waals surface area contributed by atoms with Gasteiger partial charge in [0, 0.05) is 19.3 Å². The van der Waals surface area contributed by atoms with E-state index in [9.17, 15) is 9.90 Å². The summed E-state index contributed by atoms with van der Waals surface area (Å²) in [4.78, 5) is 12.6. The molecule has 3 saturated heterocycles. The minimum absolute atomic E-state index is 0.0680. The van der Waals surface area contributed by atoms with Crippen molar-refractivity contribution in [3.63, 3.8) is 0 Å². The van der Waals surface area contributed by atoms with E-state index in [-0.39, 0.29) is 18.7 Å². The van der Waals surface area contributed by atoms with Crippen molar-refractivity contribution in [2.75, 3.05) is 20.7 Å². The number of aliphatic hydroxyl groups is 1. The molecule has 0 aromatic heterocycles. The Kier molecular flexibility index (Phi) is 3.90. The fourth-order valence-electron chi connectivity index (χ4n) is 4.66. The molecule has 3 heterocycles. The quantitative estimate of drug-likeness (QED) is 0.515. The van der Waals surface area contributed by atoms with Gasteiger partial charge in [0.15, 0.2) is 0 Å². The SMILES string of the molecule is C[N+]1(C)C2CC3O[C@@H]3C1C[C@@H](OC(=O)C(CO)c1ccccc1)C2. The van der Waals surface area contributed by atoms with E-state index < -0.39 is 5.92 Å². The Morgan fingerprint density at radius 2 is 2.04 bits per heavy atom. The van der Waals surface area contributed by atoms with Crippen LogP contribution in [0.3, 0.4) is 0 Å². The number of fused-ring (bicyclic) bond motifs is 4. The molecule has 0 amide bonds. The number of esters is 1. The average molecular weight is 332 g/mol. The topological polar surface area (TPSA) is 59.1 Å². The van der Waals surface area contributed by atoms with E-state index in [0.717, 1.165) is 29.3 Å². The van der Waals surface area contributed by atoms with Gasteiger partial charge in [0.25, 0.3) is 0 Å². The van der Waals surface area contributed by atoms with Gasteiger partial charge in [-0.25, -0.2) is 0 Å². The van der Waals surface area contributed by atoms with E-state index in [2.05, 4.69) is 14.1 Å². The van der Waals surface area contributed by atoms with Gasteiger partial charge in [0.05, 0.1) is 32.8 Å². The van der Waals surface area contributed by atoms with Gasteiger partial charge < -0.3 is 19.1 Å². The summed E-state index contributed by atoms with van der Waals surface area (Å²) in [7, 11) is 4.54. The summed E-state index contributed by atoms with van der Waals surface area (Å²) in [5.41, 5.74) is 0.808. The first-order chi connectivity index (χ1) is 11.5. The Bertz CT molecular complexity index is 617. The molecule has 1 aromatic carbocycles. The van der Waals surface area contributed by atoms with Gasteiger partial charge in [-0.1, -0.05) is 30.3 Å². The fraction of sp³-hybridized carbons (Fsp3) is 0.632. The molecule has 0 saturated carbocycles. The summed E-state index contributed by atoms with van der Waals surface area (Å²) in [6.07, 6.45) is 3.49. The van der Waals surface area contributed by atoms with Crippen molar-refractivity contribution >= 4 is 5.97 Å². The average Bonchev–Trinajstić information content (AvgIpc) is 3.29. The summed E-state index contributed by atoms with van der Waals surface area (Å²) < 4.78 is 12.6. The first kappa shape index (κ1) is 16.1. The normalized spacial score (nSPS) is 37.2. The van der Waals surface area contributed by atoms with Gasteiger partial charge in [0.1, 0.15) is 24.2 Å². The summed E-state index contributed by atoms with van der Waals surface area (Å²) in [5.74, 6) is -0.910. The van der Waals surface area contributed by atoms with Crippen molar-refractivity contribution in [3.8, 4) is 0 Å². The zero-order chi connectivity index (χ0) is 16.9. The van der Waals surface area contributed by atoms with Crippen molar-refractivity contribution in [2.45, 2.75) is 55.6 Å². The second-order valence-electron chi connectivity index (χ2n) is 7.90. The molecule has 2 bridgehead atoms. The van der Waals surface area contributed by atoms with Crippen molar-refractivity contribution < 1.29 is 23.9 Å². The van der Waals surface area contributed by atoms with Gasteiger partial charge in [-0.3, -0.25) is 4.79 Å². The van der Waals surface area contributed by atoms with E-state index in [0.29, 0.717) is 24.3 Å². The number of likely N-dealkylation sites (N-methyl/N-ethyl adjacent to an activating group) is 1. The van der Waals surface area contributed by atoms with Crippen molar-refractivity contribution in [1.29, 1.82) is 0 Å². The number of hydrogen-bond donors (Lipinski definition) is 1. The molecule has 3 aliphatic rings. The Morgan fingerprint density at radius 1 is 1.29 bits per heavy atom. The van der Waals surface area contributed by atoms with Gasteiger partial charge in [0.2, 0.25) is 0 Å². The molecule has 0 aliphatic carbocycles. The largest absolute Gasteiger partial charge is 0.461 e.